The van der Waals surface area contributed by atoms with Crippen LogP contribution in [0.4, 0.5) is 18.9 Å². The topological polar surface area (TPSA) is 110 Å². The average Bonchev–Trinajstić information content (AvgIpc) is 3.45. The van der Waals surface area contributed by atoms with Crippen molar-refractivity contribution < 1.29 is 22.7 Å². The molecule has 0 spiro atoms. The number of alkyl halides is 3. The molecule has 4 aromatic rings. The highest BCUT2D eigenvalue weighted by molar-refractivity contribution is 6.31. The number of anilines is 1. The monoisotopic (exact) mass is 489 g/mol. The van der Waals surface area contributed by atoms with Crippen LogP contribution in [0.25, 0.3) is 11.2 Å². The Balaban J connectivity index is 1.75. The molecule has 0 radical (unpaired) electrons. The SMILES string of the molecule is CO[C@@H](C)c1ncc(NC(=O)c2cnn(-c3ccc(C#N)n4nccc34)c2C(F)(F)F)cc1Cl. The summed E-state index contributed by atoms with van der Waals surface area (Å²) in [5.41, 5.74) is -1.17. The molecule has 34 heavy (non-hydrogen) atoms. The number of methoxy groups -OCH3 is 1. The Morgan fingerprint density at radius 3 is 2.68 bits per heavy atom. The Hall–Kier alpha value is -3.95. The van der Waals surface area contributed by atoms with Gasteiger partial charge < -0.3 is 10.1 Å². The molecular formula is C21H15ClF3N7O2. The molecule has 0 aliphatic carbocycles. The summed E-state index contributed by atoms with van der Waals surface area (Å²) in [5, 5.41) is 19.5. The lowest BCUT2D eigenvalue weighted by atomic mass is 10.2. The van der Waals surface area contributed by atoms with Crippen LogP contribution in [0.2, 0.25) is 5.02 Å². The average molecular weight is 490 g/mol. The summed E-state index contributed by atoms with van der Waals surface area (Å²) in [6, 6.07) is 7.33. The van der Waals surface area contributed by atoms with Crippen molar-refractivity contribution in [3.63, 3.8) is 0 Å². The fraction of sp³-hybridized carbons (Fsp3) is 0.190. The van der Waals surface area contributed by atoms with Crippen molar-refractivity contribution in [2.45, 2.75) is 19.2 Å². The van der Waals surface area contributed by atoms with Crippen molar-refractivity contribution in [2.24, 2.45) is 0 Å². The smallest absolute Gasteiger partial charge is 0.375 e. The Labute approximate surface area is 195 Å². The zero-order chi connectivity index (χ0) is 24.6. The van der Waals surface area contributed by atoms with E-state index in [1.165, 1.54) is 48.3 Å². The predicted octanol–water partition coefficient (Wildman–Crippen LogP) is 4.42. The molecule has 1 amide bonds. The number of hydrogen-bond donors (Lipinski definition) is 1. The van der Waals surface area contributed by atoms with Gasteiger partial charge in [0.15, 0.2) is 5.69 Å². The number of aromatic nitrogens is 5. The van der Waals surface area contributed by atoms with Gasteiger partial charge in [0.1, 0.15) is 11.8 Å². The maximum atomic E-state index is 14.1. The van der Waals surface area contributed by atoms with Crippen LogP contribution in [0, 0.1) is 11.3 Å². The van der Waals surface area contributed by atoms with E-state index >= 15 is 0 Å². The first kappa shape index (κ1) is 23.2. The van der Waals surface area contributed by atoms with Crippen LogP contribution in [-0.4, -0.2) is 37.4 Å². The van der Waals surface area contributed by atoms with Gasteiger partial charge in [-0.25, -0.2) is 9.20 Å². The number of halogens is 4. The summed E-state index contributed by atoms with van der Waals surface area (Å²) >= 11 is 6.17. The number of fused-ring (bicyclic) bond motifs is 1. The number of nitrogens with zero attached hydrogens (tertiary/aromatic N) is 6. The molecule has 0 aliphatic rings. The van der Waals surface area contributed by atoms with Gasteiger partial charge in [-0.1, -0.05) is 11.6 Å². The third-order valence-electron chi connectivity index (χ3n) is 5.02. The van der Waals surface area contributed by atoms with E-state index in [9.17, 15) is 23.2 Å². The molecule has 4 heterocycles. The second-order valence-electron chi connectivity index (χ2n) is 7.08. The Morgan fingerprint density at radius 1 is 1.26 bits per heavy atom. The van der Waals surface area contributed by atoms with E-state index in [0.29, 0.717) is 10.4 Å². The number of ether oxygens (including phenoxy) is 1. The highest BCUT2D eigenvalue weighted by Gasteiger charge is 2.41. The number of carbonyl (C=O) groups is 1. The molecule has 4 rings (SSSR count). The number of hydrogen-bond acceptors (Lipinski definition) is 6. The number of amides is 1. The lowest BCUT2D eigenvalue weighted by Gasteiger charge is -2.14. The van der Waals surface area contributed by atoms with Crippen LogP contribution in [0.5, 0.6) is 0 Å². The molecule has 0 fully saturated rings. The molecule has 9 nitrogen and oxygen atoms in total. The minimum absolute atomic E-state index is 0.00880. The van der Waals surface area contributed by atoms with Crippen LogP contribution >= 0.6 is 11.6 Å². The predicted molar refractivity (Wildman–Crippen MR) is 115 cm³/mol. The standard InChI is InChI=1S/C21H15ClF3N7O2/c1-11(34-2)18-15(22)7-12(9-27-18)30-20(33)14-10-29-32(19(14)21(23,24)25)16-4-3-13(8-26)31-17(16)5-6-28-31/h3-7,9-11H,1-2H3,(H,30,33)/t11-/m0/s1. The van der Waals surface area contributed by atoms with E-state index in [1.54, 1.807) is 6.92 Å². The molecule has 1 N–H and O–H groups in total. The minimum Gasteiger partial charge on any atom is -0.375 e. The Morgan fingerprint density at radius 2 is 2.03 bits per heavy atom. The van der Waals surface area contributed by atoms with Crippen LogP contribution in [-0.2, 0) is 10.9 Å². The Kier molecular flexibility index (Phi) is 5.99. The van der Waals surface area contributed by atoms with E-state index < -0.39 is 29.4 Å². The van der Waals surface area contributed by atoms with Crippen LogP contribution in [0.1, 0.15) is 40.5 Å². The lowest BCUT2D eigenvalue weighted by molar-refractivity contribution is -0.143. The van der Waals surface area contributed by atoms with Gasteiger partial charge >= 0.3 is 6.18 Å². The van der Waals surface area contributed by atoms with Crippen molar-refractivity contribution >= 4 is 28.7 Å². The molecule has 174 valence electrons. The minimum atomic E-state index is -4.93. The third kappa shape index (κ3) is 4.07. The van der Waals surface area contributed by atoms with Gasteiger partial charge in [-0.3, -0.25) is 9.78 Å². The van der Waals surface area contributed by atoms with Crippen molar-refractivity contribution in [3.05, 3.63) is 70.5 Å². The van der Waals surface area contributed by atoms with Crippen LogP contribution in [0.15, 0.2) is 42.9 Å². The largest absolute Gasteiger partial charge is 0.434 e. The zero-order valence-electron chi connectivity index (χ0n) is 17.6. The third-order valence-corrected chi connectivity index (χ3v) is 5.33. The first-order valence-corrected chi connectivity index (χ1v) is 10.1. The molecule has 4 aromatic heterocycles. The fourth-order valence-electron chi connectivity index (χ4n) is 3.36. The number of nitrogens with one attached hydrogen (secondary N) is 1. The molecule has 0 unspecified atom stereocenters. The second-order valence-corrected chi connectivity index (χ2v) is 7.49. The number of pyridine rings is 2. The molecule has 13 heteroatoms. The molecule has 0 bridgehead atoms. The summed E-state index contributed by atoms with van der Waals surface area (Å²) in [5.74, 6) is -1.05. The summed E-state index contributed by atoms with van der Waals surface area (Å²) in [6.45, 7) is 1.72. The number of rotatable bonds is 5. The summed E-state index contributed by atoms with van der Waals surface area (Å²) in [6.07, 6.45) is -1.92. The number of carbonyl (C=O) groups excluding carboxylic acids is 1. The van der Waals surface area contributed by atoms with Gasteiger partial charge in [0, 0.05) is 7.11 Å². The van der Waals surface area contributed by atoms with Gasteiger partial charge in [-0.2, -0.15) is 28.6 Å². The van der Waals surface area contributed by atoms with Crippen molar-refractivity contribution in [1.29, 1.82) is 5.26 Å². The molecule has 1 atom stereocenters. The Bertz CT molecular complexity index is 1440. The molecule has 0 aromatic carbocycles. The number of nitriles is 1. The van der Waals surface area contributed by atoms with Crippen molar-refractivity contribution in [2.75, 3.05) is 12.4 Å². The first-order valence-electron chi connectivity index (χ1n) is 9.67. The summed E-state index contributed by atoms with van der Waals surface area (Å²) < 4.78 is 49.2. The summed E-state index contributed by atoms with van der Waals surface area (Å²) in [7, 11) is 1.47. The zero-order valence-corrected chi connectivity index (χ0v) is 18.4. The molecule has 0 saturated carbocycles. The maximum Gasteiger partial charge on any atom is 0.434 e. The second kappa shape index (κ2) is 8.77. The lowest BCUT2D eigenvalue weighted by Crippen LogP contribution is -2.21. The maximum absolute atomic E-state index is 14.1. The van der Waals surface area contributed by atoms with Gasteiger partial charge in [-0.05, 0) is 31.2 Å². The van der Waals surface area contributed by atoms with E-state index in [0.717, 1.165) is 6.20 Å². The van der Waals surface area contributed by atoms with E-state index in [1.807, 2.05) is 6.07 Å². The first-order chi connectivity index (χ1) is 16.2. The molecule has 0 saturated heterocycles. The van der Waals surface area contributed by atoms with Gasteiger partial charge in [-0.15, -0.1) is 0 Å². The van der Waals surface area contributed by atoms with Gasteiger partial charge in [0.05, 0.1) is 57.9 Å². The molecular weight excluding hydrogens is 475 g/mol. The van der Waals surface area contributed by atoms with Gasteiger partial charge in [0.25, 0.3) is 5.91 Å². The van der Waals surface area contributed by atoms with Gasteiger partial charge in [0.2, 0.25) is 0 Å². The van der Waals surface area contributed by atoms with Crippen molar-refractivity contribution in [3.8, 4) is 11.8 Å². The fourth-order valence-corrected chi connectivity index (χ4v) is 3.68. The quantitative estimate of drug-likeness (QED) is 0.444. The normalized spacial score (nSPS) is 12.5. The van der Waals surface area contributed by atoms with E-state index in [-0.39, 0.29) is 27.6 Å². The van der Waals surface area contributed by atoms with E-state index in [4.69, 9.17) is 16.3 Å². The van der Waals surface area contributed by atoms with Crippen molar-refractivity contribution in [1.82, 2.24) is 24.4 Å². The van der Waals surface area contributed by atoms with Crippen LogP contribution < -0.4 is 5.32 Å². The highest BCUT2D eigenvalue weighted by atomic mass is 35.5. The van der Waals surface area contributed by atoms with E-state index in [2.05, 4.69) is 20.5 Å². The summed E-state index contributed by atoms with van der Waals surface area (Å²) in [4.78, 5) is 16.9. The van der Waals surface area contributed by atoms with Crippen LogP contribution in [0.3, 0.4) is 0 Å². The highest BCUT2D eigenvalue weighted by Crippen LogP contribution is 2.35. The molecule has 0 aliphatic heterocycles.